The molecule has 0 aliphatic carbocycles. The molecule has 1 heterocycles. The second-order valence-corrected chi connectivity index (χ2v) is 6.06. The van der Waals surface area contributed by atoms with Crippen LogP contribution in [0.1, 0.15) is 37.6 Å². The summed E-state index contributed by atoms with van der Waals surface area (Å²) >= 11 is 3.51. The SMILES string of the molecule is CCCNC(C)c1ccc(Br)cc1OCc1cncn1C. The van der Waals surface area contributed by atoms with Gasteiger partial charge in [-0.2, -0.15) is 0 Å². The Morgan fingerprint density at radius 3 is 2.90 bits per heavy atom. The predicted octanol–water partition coefficient (Wildman–Crippen LogP) is 3.82. The summed E-state index contributed by atoms with van der Waals surface area (Å²) in [6, 6.07) is 6.45. The van der Waals surface area contributed by atoms with Crippen LogP contribution in [-0.2, 0) is 13.7 Å². The molecular formula is C16H22BrN3O. The molecule has 0 bridgehead atoms. The Morgan fingerprint density at radius 1 is 1.43 bits per heavy atom. The van der Waals surface area contributed by atoms with Crippen molar-refractivity contribution in [2.24, 2.45) is 7.05 Å². The van der Waals surface area contributed by atoms with Gasteiger partial charge in [0.1, 0.15) is 12.4 Å². The summed E-state index contributed by atoms with van der Waals surface area (Å²) < 4.78 is 9.00. The molecule has 0 spiro atoms. The fourth-order valence-electron chi connectivity index (χ4n) is 2.14. The Hall–Kier alpha value is -1.33. The van der Waals surface area contributed by atoms with E-state index in [0.29, 0.717) is 6.61 Å². The van der Waals surface area contributed by atoms with Crippen molar-refractivity contribution in [2.45, 2.75) is 32.9 Å². The summed E-state index contributed by atoms with van der Waals surface area (Å²) in [6.07, 6.45) is 4.73. The molecule has 0 aliphatic heterocycles. The van der Waals surface area contributed by atoms with Crippen LogP contribution in [0.25, 0.3) is 0 Å². The molecule has 1 N–H and O–H groups in total. The molecule has 114 valence electrons. The lowest BCUT2D eigenvalue weighted by molar-refractivity contribution is 0.291. The molecule has 0 amide bonds. The third kappa shape index (κ3) is 4.32. The summed E-state index contributed by atoms with van der Waals surface area (Å²) in [5.41, 5.74) is 2.23. The van der Waals surface area contributed by atoms with Gasteiger partial charge in [-0.1, -0.05) is 28.9 Å². The molecule has 21 heavy (non-hydrogen) atoms. The Kier molecular flexibility index (Phi) is 5.82. The molecule has 1 unspecified atom stereocenters. The fraction of sp³-hybridized carbons (Fsp3) is 0.438. The number of nitrogens with zero attached hydrogens (tertiary/aromatic N) is 2. The van der Waals surface area contributed by atoms with Crippen LogP contribution >= 0.6 is 15.9 Å². The number of hydrogen-bond donors (Lipinski definition) is 1. The average molecular weight is 352 g/mol. The number of ether oxygens (including phenoxy) is 1. The molecular weight excluding hydrogens is 330 g/mol. The smallest absolute Gasteiger partial charge is 0.130 e. The summed E-state index contributed by atoms with van der Waals surface area (Å²) in [4.78, 5) is 4.11. The van der Waals surface area contributed by atoms with E-state index in [4.69, 9.17) is 4.74 Å². The van der Waals surface area contributed by atoms with Crippen LogP contribution in [0.3, 0.4) is 0 Å². The van der Waals surface area contributed by atoms with Gasteiger partial charge in [0.05, 0.1) is 18.2 Å². The van der Waals surface area contributed by atoms with E-state index in [0.717, 1.165) is 28.9 Å². The number of aryl methyl sites for hydroxylation is 1. The summed E-state index contributed by atoms with van der Waals surface area (Å²) in [6.45, 7) is 5.84. The van der Waals surface area contributed by atoms with Gasteiger partial charge >= 0.3 is 0 Å². The molecule has 2 aromatic rings. The summed E-state index contributed by atoms with van der Waals surface area (Å²) in [7, 11) is 1.97. The molecule has 0 saturated heterocycles. The molecule has 1 atom stereocenters. The van der Waals surface area contributed by atoms with Gasteiger partial charge in [0, 0.05) is 23.1 Å². The van der Waals surface area contributed by atoms with Crippen LogP contribution in [-0.4, -0.2) is 16.1 Å². The van der Waals surface area contributed by atoms with E-state index in [9.17, 15) is 0 Å². The van der Waals surface area contributed by atoms with Gasteiger partial charge < -0.3 is 14.6 Å². The Balaban J connectivity index is 2.13. The highest BCUT2D eigenvalue weighted by molar-refractivity contribution is 9.10. The number of halogens is 1. The molecule has 0 aliphatic rings. The molecule has 5 heteroatoms. The van der Waals surface area contributed by atoms with Crippen molar-refractivity contribution >= 4 is 15.9 Å². The third-order valence-electron chi connectivity index (χ3n) is 3.43. The summed E-state index contributed by atoms with van der Waals surface area (Å²) in [5.74, 6) is 0.904. The predicted molar refractivity (Wildman–Crippen MR) is 88.4 cm³/mol. The van der Waals surface area contributed by atoms with Gasteiger partial charge in [-0.25, -0.2) is 4.98 Å². The van der Waals surface area contributed by atoms with E-state index in [1.807, 2.05) is 23.9 Å². The van der Waals surface area contributed by atoms with Gasteiger partial charge in [0.15, 0.2) is 0 Å². The van der Waals surface area contributed by atoms with Gasteiger partial charge in [-0.3, -0.25) is 0 Å². The number of imidazole rings is 1. The number of benzene rings is 1. The van der Waals surface area contributed by atoms with E-state index >= 15 is 0 Å². The topological polar surface area (TPSA) is 39.1 Å². The summed E-state index contributed by atoms with van der Waals surface area (Å²) in [5, 5.41) is 3.50. The van der Waals surface area contributed by atoms with E-state index < -0.39 is 0 Å². The Bertz CT molecular complexity index is 583. The average Bonchev–Trinajstić information content (AvgIpc) is 2.88. The first-order chi connectivity index (χ1) is 10.1. The quantitative estimate of drug-likeness (QED) is 0.823. The first kappa shape index (κ1) is 16.0. The van der Waals surface area contributed by atoms with Crippen molar-refractivity contribution < 1.29 is 4.74 Å². The highest BCUT2D eigenvalue weighted by Crippen LogP contribution is 2.29. The maximum atomic E-state index is 6.01. The van der Waals surface area contributed by atoms with Gasteiger partial charge in [0.25, 0.3) is 0 Å². The number of nitrogens with one attached hydrogen (secondary N) is 1. The minimum absolute atomic E-state index is 0.264. The molecule has 1 aromatic carbocycles. The van der Waals surface area contributed by atoms with Crippen LogP contribution in [0, 0.1) is 0 Å². The van der Waals surface area contributed by atoms with Crippen molar-refractivity contribution in [1.82, 2.24) is 14.9 Å². The highest BCUT2D eigenvalue weighted by Gasteiger charge is 2.12. The maximum Gasteiger partial charge on any atom is 0.130 e. The molecule has 4 nitrogen and oxygen atoms in total. The first-order valence-corrected chi connectivity index (χ1v) is 8.02. The zero-order chi connectivity index (χ0) is 15.2. The van der Waals surface area contributed by atoms with Crippen LogP contribution in [0.15, 0.2) is 35.2 Å². The Labute approximate surface area is 134 Å². The number of rotatable bonds is 7. The molecule has 2 rings (SSSR count). The molecule has 0 radical (unpaired) electrons. The minimum atomic E-state index is 0.264. The van der Waals surface area contributed by atoms with E-state index in [-0.39, 0.29) is 6.04 Å². The van der Waals surface area contributed by atoms with Crippen LogP contribution in [0.2, 0.25) is 0 Å². The lowest BCUT2D eigenvalue weighted by Crippen LogP contribution is -2.20. The third-order valence-corrected chi connectivity index (χ3v) is 3.93. The largest absolute Gasteiger partial charge is 0.487 e. The maximum absolute atomic E-state index is 6.01. The second-order valence-electron chi connectivity index (χ2n) is 5.14. The lowest BCUT2D eigenvalue weighted by atomic mass is 10.1. The van der Waals surface area contributed by atoms with Crippen molar-refractivity contribution in [1.29, 1.82) is 0 Å². The van der Waals surface area contributed by atoms with Crippen molar-refractivity contribution in [3.63, 3.8) is 0 Å². The normalized spacial score (nSPS) is 12.4. The van der Waals surface area contributed by atoms with Crippen molar-refractivity contribution in [3.05, 3.63) is 46.5 Å². The van der Waals surface area contributed by atoms with Gasteiger partial charge in [0.2, 0.25) is 0 Å². The monoisotopic (exact) mass is 351 g/mol. The van der Waals surface area contributed by atoms with Gasteiger partial charge in [-0.05, 0) is 32.0 Å². The molecule has 1 aromatic heterocycles. The Morgan fingerprint density at radius 2 is 2.24 bits per heavy atom. The number of aromatic nitrogens is 2. The zero-order valence-corrected chi connectivity index (χ0v) is 14.4. The molecule has 0 saturated carbocycles. The van der Waals surface area contributed by atoms with Crippen LogP contribution < -0.4 is 10.1 Å². The lowest BCUT2D eigenvalue weighted by Gasteiger charge is -2.18. The van der Waals surface area contributed by atoms with Crippen LogP contribution in [0.5, 0.6) is 5.75 Å². The van der Waals surface area contributed by atoms with Crippen molar-refractivity contribution in [3.8, 4) is 5.75 Å². The second kappa shape index (κ2) is 7.61. The van der Waals surface area contributed by atoms with E-state index in [1.165, 1.54) is 5.56 Å². The standard InChI is InChI=1S/C16H22BrN3O/c1-4-7-19-12(2)15-6-5-13(17)8-16(15)21-10-14-9-18-11-20(14)3/h5-6,8-9,11-12,19H,4,7,10H2,1-3H3. The van der Waals surface area contributed by atoms with Crippen LogP contribution in [0.4, 0.5) is 0 Å². The number of hydrogen-bond acceptors (Lipinski definition) is 3. The molecule has 0 fully saturated rings. The van der Waals surface area contributed by atoms with E-state index in [2.05, 4.69) is 52.2 Å². The van der Waals surface area contributed by atoms with E-state index in [1.54, 1.807) is 6.33 Å². The zero-order valence-electron chi connectivity index (χ0n) is 12.8. The first-order valence-electron chi connectivity index (χ1n) is 7.22. The van der Waals surface area contributed by atoms with Gasteiger partial charge in [-0.15, -0.1) is 0 Å². The van der Waals surface area contributed by atoms with Crippen molar-refractivity contribution in [2.75, 3.05) is 6.54 Å². The fourth-order valence-corrected chi connectivity index (χ4v) is 2.48. The minimum Gasteiger partial charge on any atom is -0.487 e. The highest BCUT2D eigenvalue weighted by atomic mass is 79.9.